The molecule has 0 aliphatic rings. The summed E-state index contributed by atoms with van der Waals surface area (Å²) in [6.45, 7) is 6.38. The minimum Gasteiger partial charge on any atom is -0.462 e. The fourth-order valence-corrected chi connectivity index (χ4v) is 7.04. The number of esters is 3. The van der Waals surface area contributed by atoms with Gasteiger partial charge in [-0.2, -0.15) is 0 Å². The average Bonchev–Trinajstić information content (AvgIpc) is 3.33. The molecule has 0 saturated heterocycles. The van der Waals surface area contributed by atoms with Crippen LogP contribution in [0.5, 0.6) is 0 Å². The Hall–Kier alpha value is -4.19. The van der Waals surface area contributed by atoms with Gasteiger partial charge in [-0.1, -0.05) is 239 Å². The molecule has 6 heteroatoms. The Bertz CT molecular complexity index is 1440. The standard InChI is InChI=1S/C61H98O6/c1-4-7-10-13-16-19-22-25-28-30-31-34-36-39-42-45-48-51-54-60(63)66-57-58(56-65-59(62)53-50-47-44-41-38-35-32-27-24-21-18-15-12-9-6-3)67-61(64)55-52-49-46-43-40-37-33-29-26-23-20-17-14-11-8-5-2/h9,12,15-16,18-19,21-22,24-25,27-34,37,40,58H,4-8,10-11,13-14,17,20,23,26,35-36,38-39,41-57H2,1-3H3/b12-9-,18-15-,19-16-,24-21-,25-22-,30-28-,32-27-,33-29-,34-31-,40-37-. The summed E-state index contributed by atoms with van der Waals surface area (Å²) in [5, 5.41) is 0. The molecule has 1 atom stereocenters. The number of hydrogen-bond acceptors (Lipinski definition) is 6. The van der Waals surface area contributed by atoms with Crippen LogP contribution < -0.4 is 0 Å². The van der Waals surface area contributed by atoms with Crippen LogP contribution in [0.15, 0.2) is 122 Å². The molecule has 0 heterocycles. The maximum Gasteiger partial charge on any atom is 0.306 e. The predicted molar refractivity (Wildman–Crippen MR) is 288 cm³/mol. The Morgan fingerprint density at radius 2 is 0.582 bits per heavy atom. The van der Waals surface area contributed by atoms with Crippen LogP contribution in [0.2, 0.25) is 0 Å². The van der Waals surface area contributed by atoms with E-state index in [2.05, 4.69) is 118 Å². The topological polar surface area (TPSA) is 78.9 Å². The molecule has 0 rings (SSSR count). The number of hydrogen-bond donors (Lipinski definition) is 0. The normalized spacial score (nSPS) is 13.1. The zero-order valence-electron chi connectivity index (χ0n) is 43.1. The molecule has 0 saturated carbocycles. The highest BCUT2D eigenvalue weighted by Gasteiger charge is 2.19. The minimum atomic E-state index is -0.816. The number of rotatable bonds is 47. The van der Waals surface area contributed by atoms with E-state index in [-0.39, 0.29) is 37.5 Å². The van der Waals surface area contributed by atoms with Crippen molar-refractivity contribution in [3.05, 3.63) is 122 Å². The van der Waals surface area contributed by atoms with Crippen molar-refractivity contribution in [3.63, 3.8) is 0 Å². The fourth-order valence-electron chi connectivity index (χ4n) is 7.04. The van der Waals surface area contributed by atoms with E-state index in [9.17, 15) is 14.4 Å². The van der Waals surface area contributed by atoms with Crippen molar-refractivity contribution < 1.29 is 28.6 Å². The highest BCUT2D eigenvalue weighted by Crippen LogP contribution is 2.13. The third-order valence-corrected chi connectivity index (χ3v) is 11.1. The lowest BCUT2D eigenvalue weighted by Crippen LogP contribution is -2.30. The van der Waals surface area contributed by atoms with Crippen LogP contribution in [0.3, 0.4) is 0 Å². The van der Waals surface area contributed by atoms with E-state index in [1.54, 1.807) is 0 Å². The second kappa shape index (κ2) is 54.4. The summed E-state index contributed by atoms with van der Waals surface area (Å²) < 4.78 is 16.8. The Morgan fingerprint density at radius 1 is 0.313 bits per heavy atom. The van der Waals surface area contributed by atoms with Crippen LogP contribution in [0, 0.1) is 0 Å². The second-order valence-corrected chi connectivity index (χ2v) is 17.6. The largest absolute Gasteiger partial charge is 0.462 e. The second-order valence-electron chi connectivity index (χ2n) is 17.6. The number of carbonyl (C=O) groups is 3. The van der Waals surface area contributed by atoms with Crippen molar-refractivity contribution in [2.75, 3.05) is 13.2 Å². The third kappa shape index (κ3) is 52.6. The van der Waals surface area contributed by atoms with Gasteiger partial charge in [-0.15, -0.1) is 0 Å². The van der Waals surface area contributed by atoms with Crippen LogP contribution in [0.25, 0.3) is 0 Å². The lowest BCUT2D eigenvalue weighted by atomic mass is 10.1. The summed E-state index contributed by atoms with van der Waals surface area (Å²) in [6.07, 6.45) is 74.6. The molecule has 0 bridgehead atoms. The molecule has 378 valence electrons. The van der Waals surface area contributed by atoms with Gasteiger partial charge in [0.2, 0.25) is 0 Å². The summed E-state index contributed by atoms with van der Waals surface area (Å²) >= 11 is 0. The summed E-state index contributed by atoms with van der Waals surface area (Å²) in [7, 11) is 0. The molecule has 0 radical (unpaired) electrons. The minimum absolute atomic E-state index is 0.112. The van der Waals surface area contributed by atoms with E-state index in [4.69, 9.17) is 14.2 Å². The first kappa shape index (κ1) is 62.8. The van der Waals surface area contributed by atoms with Gasteiger partial charge in [-0.3, -0.25) is 14.4 Å². The lowest BCUT2D eigenvalue weighted by Gasteiger charge is -2.18. The van der Waals surface area contributed by atoms with Crippen LogP contribution in [-0.4, -0.2) is 37.2 Å². The maximum absolute atomic E-state index is 12.8. The van der Waals surface area contributed by atoms with Crippen LogP contribution in [-0.2, 0) is 28.6 Å². The van der Waals surface area contributed by atoms with E-state index in [1.807, 2.05) is 24.3 Å². The van der Waals surface area contributed by atoms with Gasteiger partial charge in [-0.25, -0.2) is 0 Å². The Kier molecular flexibility index (Phi) is 51.0. The summed E-state index contributed by atoms with van der Waals surface area (Å²) in [6, 6.07) is 0. The van der Waals surface area contributed by atoms with Gasteiger partial charge in [-0.05, 0) is 89.9 Å². The molecule has 0 aromatic heterocycles. The van der Waals surface area contributed by atoms with Gasteiger partial charge in [0.1, 0.15) is 13.2 Å². The highest BCUT2D eigenvalue weighted by molar-refractivity contribution is 5.71. The van der Waals surface area contributed by atoms with E-state index >= 15 is 0 Å². The Balaban J connectivity index is 4.54. The van der Waals surface area contributed by atoms with Crippen molar-refractivity contribution in [1.29, 1.82) is 0 Å². The summed E-state index contributed by atoms with van der Waals surface area (Å²) in [5.41, 5.74) is 0. The summed E-state index contributed by atoms with van der Waals surface area (Å²) in [4.78, 5) is 38.1. The van der Waals surface area contributed by atoms with Gasteiger partial charge in [0, 0.05) is 19.3 Å². The molecule has 0 aliphatic carbocycles. The molecular weight excluding hydrogens is 829 g/mol. The van der Waals surface area contributed by atoms with Crippen molar-refractivity contribution in [3.8, 4) is 0 Å². The zero-order chi connectivity index (χ0) is 48.6. The number of carbonyl (C=O) groups excluding carboxylic acids is 3. The molecule has 0 aromatic rings. The molecule has 1 unspecified atom stereocenters. The van der Waals surface area contributed by atoms with Crippen LogP contribution in [0.4, 0.5) is 0 Å². The monoisotopic (exact) mass is 927 g/mol. The third-order valence-electron chi connectivity index (χ3n) is 11.1. The quantitative estimate of drug-likeness (QED) is 0.0262. The van der Waals surface area contributed by atoms with Crippen molar-refractivity contribution in [1.82, 2.24) is 0 Å². The first-order valence-corrected chi connectivity index (χ1v) is 27.2. The molecule has 0 spiro atoms. The fraction of sp³-hybridized carbons (Fsp3) is 0.623. The van der Waals surface area contributed by atoms with Gasteiger partial charge >= 0.3 is 17.9 Å². The van der Waals surface area contributed by atoms with Gasteiger partial charge in [0.15, 0.2) is 6.10 Å². The zero-order valence-corrected chi connectivity index (χ0v) is 43.1. The van der Waals surface area contributed by atoms with E-state index < -0.39 is 6.10 Å². The van der Waals surface area contributed by atoms with Crippen molar-refractivity contribution in [2.24, 2.45) is 0 Å². The summed E-state index contributed by atoms with van der Waals surface area (Å²) in [5.74, 6) is -0.988. The van der Waals surface area contributed by atoms with E-state index in [0.29, 0.717) is 12.8 Å². The average molecular weight is 927 g/mol. The van der Waals surface area contributed by atoms with Gasteiger partial charge in [0.05, 0.1) is 0 Å². The number of unbranched alkanes of at least 4 members (excludes halogenated alkanes) is 23. The van der Waals surface area contributed by atoms with Crippen LogP contribution in [0.1, 0.15) is 226 Å². The van der Waals surface area contributed by atoms with Crippen molar-refractivity contribution in [2.45, 2.75) is 232 Å². The SMILES string of the molecule is CC\C=C/C=C\C=C/C=C\CCCCCCCC(=O)OCC(COC(=O)CCCCCCC\C=C/C=C\C=C/C=C\CCCCC)OC(=O)CCCCC/C=C\C=C/CCCCCCCCC. The number of allylic oxidation sites excluding steroid dienone is 20. The Morgan fingerprint density at radius 3 is 0.970 bits per heavy atom. The first-order valence-electron chi connectivity index (χ1n) is 27.2. The molecule has 0 aliphatic heterocycles. The van der Waals surface area contributed by atoms with Crippen LogP contribution >= 0.6 is 0 Å². The molecule has 6 nitrogen and oxygen atoms in total. The molecule has 0 fully saturated rings. The molecule has 67 heavy (non-hydrogen) atoms. The Labute approximate surface area is 412 Å². The lowest BCUT2D eigenvalue weighted by molar-refractivity contribution is -0.167. The van der Waals surface area contributed by atoms with Crippen molar-refractivity contribution >= 4 is 17.9 Å². The molecular formula is C61H98O6. The van der Waals surface area contributed by atoms with E-state index in [0.717, 1.165) is 122 Å². The predicted octanol–water partition coefficient (Wildman–Crippen LogP) is 18.1. The van der Waals surface area contributed by atoms with Gasteiger partial charge < -0.3 is 14.2 Å². The van der Waals surface area contributed by atoms with Gasteiger partial charge in [0.25, 0.3) is 0 Å². The van der Waals surface area contributed by atoms with E-state index in [1.165, 1.54) is 64.2 Å². The molecule has 0 aromatic carbocycles. The first-order chi connectivity index (χ1) is 33.0. The number of ether oxygens (including phenoxy) is 3. The smallest absolute Gasteiger partial charge is 0.306 e. The molecule has 0 N–H and O–H groups in total. The maximum atomic E-state index is 12.8. The molecule has 0 amide bonds. The highest BCUT2D eigenvalue weighted by atomic mass is 16.6.